The van der Waals surface area contributed by atoms with Gasteiger partial charge in [-0.3, -0.25) is 4.79 Å². The van der Waals surface area contributed by atoms with Crippen LogP contribution in [0.25, 0.3) is 0 Å². The van der Waals surface area contributed by atoms with Crippen molar-refractivity contribution >= 4 is 21.8 Å². The molecule has 0 aliphatic rings. The number of aryl methyl sites for hydroxylation is 1. The molecule has 2 aromatic rings. The first-order valence-corrected chi connectivity index (χ1v) is 8.77. The first kappa shape index (κ1) is 18.5. The lowest BCUT2D eigenvalue weighted by Gasteiger charge is -2.09. The molecule has 0 bridgehead atoms. The lowest BCUT2D eigenvalue weighted by Crippen LogP contribution is -2.27. The second-order valence-corrected chi connectivity index (χ2v) is 6.48. The second-order valence-electron chi connectivity index (χ2n) is 5.62. The van der Waals surface area contributed by atoms with Gasteiger partial charge in [-0.15, -0.1) is 0 Å². The van der Waals surface area contributed by atoms with Crippen LogP contribution in [0.1, 0.15) is 27.9 Å². The fraction of sp³-hybridized carbons (Fsp3) is 0.316. The topological polar surface area (TPSA) is 50.4 Å². The van der Waals surface area contributed by atoms with Crippen LogP contribution in [0.5, 0.6) is 5.75 Å². The maximum atomic E-state index is 12.2. The first-order chi connectivity index (χ1) is 11.6. The van der Waals surface area contributed by atoms with Crippen molar-refractivity contribution in [3.63, 3.8) is 0 Å². The average Bonchev–Trinajstić information content (AvgIpc) is 2.58. The molecule has 0 heterocycles. The van der Waals surface area contributed by atoms with Crippen LogP contribution in [-0.4, -0.2) is 26.1 Å². The second kappa shape index (κ2) is 9.45. The summed E-state index contributed by atoms with van der Waals surface area (Å²) in [7, 11) is 1.59. The predicted molar refractivity (Wildman–Crippen MR) is 101 cm³/mol. The van der Waals surface area contributed by atoms with Crippen molar-refractivity contribution in [2.45, 2.75) is 19.9 Å². The number of amides is 1. The highest BCUT2D eigenvalue weighted by atomic mass is 79.9. The SMILES string of the molecule is COc1ccc(Br)c(C(=O)NCCCNCc2cccc(C)c2)c1. The highest BCUT2D eigenvalue weighted by Crippen LogP contribution is 2.22. The fourth-order valence-electron chi connectivity index (χ4n) is 2.37. The third kappa shape index (κ3) is 5.65. The van der Waals surface area contributed by atoms with Gasteiger partial charge >= 0.3 is 0 Å². The van der Waals surface area contributed by atoms with Crippen LogP contribution in [0.15, 0.2) is 46.9 Å². The van der Waals surface area contributed by atoms with Crippen molar-refractivity contribution in [3.8, 4) is 5.75 Å². The van der Waals surface area contributed by atoms with Crippen LogP contribution in [0, 0.1) is 6.92 Å². The van der Waals surface area contributed by atoms with Gasteiger partial charge in [-0.05, 0) is 59.6 Å². The summed E-state index contributed by atoms with van der Waals surface area (Å²) < 4.78 is 5.92. The molecule has 0 unspecified atom stereocenters. The van der Waals surface area contributed by atoms with E-state index in [1.54, 1.807) is 13.2 Å². The number of rotatable bonds is 8. The molecule has 5 heteroatoms. The van der Waals surface area contributed by atoms with Gasteiger partial charge in [0.25, 0.3) is 5.91 Å². The van der Waals surface area contributed by atoms with E-state index in [-0.39, 0.29) is 5.91 Å². The lowest BCUT2D eigenvalue weighted by atomic mass is 10.1. The Morgan fingerprint density at radius 1 is 1.17 bits per heavy atom. The summed E-state index contributed by atoms with van der Waals surface area (Å²) in [6, 6.07) is 13.8. The van der Waals surface area contributed by atoms with E-state index in [1.165, 1.54) is 11.1 Å². The van der Waals surface area contributed by atoms with Crippen molar-refractivity contribution in [2.24, 2.45) is 0 Å². The monoisotopic (exact) mass is 390 g/mol. The van der Waals surface area contributed by atoms with Crippen molar-refractivity contribution in [3.05, 3.63) is 63.6 Å². The molecule has 0 aromatic heterocycles. The van der Waals surface area contributed by atoms with Crippen molar-refractivity contribution in [2.75, 3.05) is 20.2 Å². The quantitative estimate of drug-likeness (QED) is 0.675. The van der Waals surface area contributed by atoms with Crippen molar-refractivity contribution < 1.29 is 9.53 Å². The Labute approximate surface area is 151 Å². The Morgan fingerprint density at radius 3 is 2.75 bits per heavy atom. The summed E-state index contributed by atoms with van der Waals surface area (Å²) in [5.74, 6) is 0.572. The average molecular weight is 391 g/mol. The Bertz CT molecular complexity index is 689. The Hall–Kier alpha value is -1.85. The third-order valence-electron chi connectivity index (χ3n) is 3.65. The summed E-state index contributed by atoms with van der Waals surface area (Å²) in [4.78, 5) is 12.2. The van der Waals surface area contributed by atoms with E-state index in [9.17, 15) is 4.79 Å². The zero-order valence-electron chi connectivity index (χ0n) is 14.1. The minimum Gasteiger partial charge on any atom is -0.497 e. The van der Waals surface area contributed by atoms with E-state index >= 15 is 0 Å². The molecule has 0 aliphatic carbocycles. The molecule has 0 spiro atoms. The molecule has 0 aliphatic heterocycles. The molecule has 1 amide bonds. The molecule has 4 nitrogen and oxygen atoms in total. The molecule has 24 heavy (non-hydrogen) atoms. The van der Waals surface area contributed by atoms with Crippen LogP contribution in [0.4, 0.5) is 0 Å². The molecule has 2 rings (SSSR count). The van der Waals surface area contributed by atoms with E-state index < -0.39 is 0 Å². The largest absolute Gasteiger partial charge is 0.497 e. The van der Waals surface area contributed by atoms with Gasteiger partial charge in [0.1, 0.15) is 5.75 Å². The summed E-state index contributed by atoms with van der Waals surface area (Å²) in [5.41, 5.74) is 3.13. The van der Waals surface area contributed by atoms with Crippen LogP contribution in [0.2, 0.25) is 0 Å². The van der Waals surface area contributed by atoms with Gasteiger partial charge in [0.2, 0.25) is 0 Å². The van der Waals surface area contributed by atoms with E-state index in [0.29, 0.717) is 17.9 Å². The lowest BCUT2D eigenvalue weighted by molar-refractivity contribution is 0.0952. The molecular formula is C19H23BrN2O2. The zero-order valence-corrected chi connectivity index (χ0v) is 15.7. The minimum absolute atomic E-state index is 0.0977. The molecule has 0 saturated heterocycles. The van der Waals surface area contributed by atoms with Gasteiger partial charge < -0.3 is 15.4 Å². The Morgan fingerprint density at radius 2 is 2.00 bits per heavy atom. The summed E-state index contributed by atoms with van der Waals surface area (Å²) in [6.45, 7) is 4.42. The molecule has 128 valence electrons. The number of hydrogen-bond acceptors (Lipinski definition) is 3. The number of methoxy groups -OCH3 is 1. The van der Waals surface area contributed by atoms with Gasteiger partial charge in [-0.1, -0.05) is 29.8 Å². The smallest absolute Gasteiger partial charge is 0.252 e. The van der Waals surface area contributed by atoms with Crippen LogP contribution in [0.3, 0.4) is 0 Å². The van der Waals surface area contributed by atoms with Crippen LogP contribution in [-0.2, 0) is 6.54 Å². The molecule has 2 N–H and O–H groups in total. The molecule has 0 atom stereocenters. The zero-order chi connectivity index (χ0) is 17.4. The number of hydrogen-bond donors (Lipinski definition) is 2. The summed E-state index contributed by atoms with van der Waals surface area (Å²) in [6.07, 6.45) is 0.874. The number of benzene rings is 2. The fourth-order valence-corrected chi connectivity index (χ4v) is 2.80. The third-order valence-corrected chi connectivity index (χ3v) is 4.34. The minimum atomic E-state index is -0.0977. The number of halogens is 1. The molecule has 2 aromatic carbocycles. The van der Waals surface area contributed by atoms with Gasteiger partial charge in [-0.25, -0.2) is 0 Å². The van der Waals surface area contributed by atoms with Gasteiger partial charge in [0.15, 0.2) is 0 Å². The molecule has 0 saturated carbocycles. The van der Waals surface area contributed by atoms with Crippen molar-refractivity contribution in [1.82, 2.24) is 10.6 Å². The first-order valence-electron chi connectivity index (χ1n) is 7.98. The van der Waals surface area contributed by atoms with E-state index in [1.807, 2.05) is 12.1 Å². The van der Waals surface area contributed by atoms with Crippen LogP contribution < -0.4 is 15.4 Å². The molecular weight excluding hydrogens is 368 g/mol. The Balaban J connectivity index is 1.69. The number of nitrogens with one attached hydrogen (secondary N) is 2. The highest BCUT2D eigenvalue weighted by molar-refractivity contribution is 9.10. The summed E-state index contributed by atoms with van der Waals surface area (Å²) in [5, 5.41) is 6.33. The Kier molecular flexibility index (Phi) is 7.28. The van der Waals surface area contributed by atoms with E-state index in [2.05, 4.69) is 57.8 Å². The number of carbonyl (C=O) groups is 1. The normalized spacial score (nSPS) is 10.5. The standard InChI is InChI=1S/C19H23BrN2O2/c1-14-5-3-6-15(11-14)13-21-9-4-10-22-19(23)17-12-16(24-2)7-8-18(17)20/h3,5-8,11-12,21H,4,9-10,13H2,1-2H3,(H,22,23). The molecule has 0 fully saturated rings. The van der Waals surface area contributed by atoms with Gasteiger partial charge in [0.05, 0.1) is 12.7 Å². The highest BCUT2D eigenvalue weighted by Gasteiger charge is 2.10. The van der Waals surface area contributed by atoms with E-state index in [0.717, 1.165) is 24.0 Å². The predicted octanol–water partition coefficient (Wildman–Crippen LogP) is 3.68. The summed E-state index contributed by atoms with van der Waals surface area (Å²) >= 11 is 3.40. The van der Waals surface area contributed by atoms with Gasteiger partial charge in [-0.2, -0.15) is 0 Å². The van der Waals surface area contributed by atoms with Crippen molar-refractivity contribution in [1.29, 1.82) is 0 Å². The number of ether oxygens (including phenoxy) is 1. The molecule has 0 radical (unpaired) electrons. The van der Waals surface area contributed by atoms with Gasteiger partial charge in [0, 0.05) is 17.6 Å². The van der Waals surface area contributed by atoms with Crippen LogP contribution >= 0.6 is 15.9 Å². The maximum Gasteiger partial charge on any atom is 0.252 e. The number of carbonyl (C=O) groups excluding carboxylic acids is 1. The van der Waals surface area contributed by atoms with E-state index in [4.69, 9.17) is 4.74 Å². The maximum absolute atomic E-state index is 12.2.